The van der Waals surface area contributed by atoms with Gasteiger partial charge in [0.25, 0.3) is 0 Å². The van der Waals surface area contributed by atoms with Crippen molar-refractivity contribution in [2.45, 2.75) is 59.4 Å². The van der Waals surface area contributed by atoms with Gasteiger partial charge in [0.2, 0.25) is 0 Å². The fourth-order valence-corrected chi connectivity index (χ4v) is 2.11. The summed E-state index contributed by atoms with van der Waals surface area (Å²) in [6.45, 7) is 7.29. The topological polar surface area (TPSA) is 194 Å². The SMILES string of the molecule is C#C.CC.CCC(=O)O.Cc1ccc(NC(=O)NCCCC[C@H](NC(=O)NCC(=O)O)C(=O)O)cc1. The maximum Gasteiger partial charge on any atom is 0.326 e. The number of urea groups is 2. The second-order valence-electron chi connectivity index (χ2n) is 6.60. The van der Waals surface area contributed by atoms with Crippen molar-refractivity contribution in [2.75, 3.05) is 18.4 Å². The third kappa shape index (κ3) is 22.9. The Kier molecular flexibility index (Phi) is 24.1. The molecule has 0 saturated carbocycles. The molecule has 0 radical (unpaired) electrons. The Labute approximate surface area is 211 Å². The largest absolute Gasteiger partial charge is 0.481 e. The molecule has 12 heteroatoms. The number of carboxylic acids is 3. The highest BCUT2D eigenvalue weighted by Gasteiger charge is 2.19. The summed E-state index contributed by atoms with van der Waals surface area (Å²) in [5, 5.41) is 34.8. The summed E-state index contributed by atoms with van der Waals surface area (Å²) in [5.74, 6) is -3.19. The minimum Gasteiger partial charge on any atom is -0.481 e. The molecule has 0 fully saturated rings. The Morgan fingerprint density at radius 2 is 1.39 bits per heavy atom. The van der Waals surface area contributed by atoms with Crippen molar-refractivity contribution in [1.82, 2.24) is 16.0 Å². The molecule has 0 aliphatic heterocycles. The molecule has 12 nitrogen and oxygen atoms in total. The predicted octanol–water partition coefficient (Wildman–Crippen LogP) is 2.88. The normalized spacial score (nSPS) is 9.61. The minimum atomic E-state index is -1.23. The molecule has 0 bridgehead atoms. The van der Waals surface area contributed by atoms with E-state index in [4.69, 9.17) is 15.3 Å². The summed E-state index contributed by atoms with van der Waals surface area (Å²) in [6.07, 6.45) is 9.33. The van der Waals surface area contributed by atoms with Gasteiger partial charge in [0, 0.05) is 18.7 Å². The summed E-state index contributed by atoms with van der Waals surface area (Å²) >= 11 is 0. The monoisotopic (exact) mass is 510 g/mol. The molecule has 0 unspecified atom stereocenters. The number of aryl methyl sites for hydroxylation is 1. The molecule has 0 heterocycles. The lowest BCUT2D eigenvalue weighted by atomic mass is 10.1. The van der Waals surface area contributed by atoms with Crippen molar-refractivity contribution in [2.24, 2.45) is 0 Å². The van der Waals surface area contributed by atoms with Crippen LogP contribution in [-0.4, -0.2) is 64.4 Å². The van der Waals surface area contributed by atoms with Gasteiger partial charge in [0.15, 0.2) is 0 Å². The Balaban J connectivity index is -0.00000105. The van der Waals surface area contributed by atoms with Gasteiger partial charge in [0.05, 0.1) is 0 Å². The second kappa shape index (κ2) is 23.9. The van der Waals surface area contributed by atoms with Gasteiger partial charge >= 0.3 is 30.0 Å². The minimum absolute atomic E-state index is 0.150. The number of amides is 4. The van der Waals surface area contributed by atoms with E-state index in [1.807, 2.05) is 38.2 Å². The van der Waals surface area contributed by atoms with Gasteiger partial charge in [0.1, 0.15) is 12.6 Å². The lowest BCUT2D eigenvalue weighted by molar-refractivity contribution is -0.139. The molecule has 36 heavy (non-hydrogen) atoms. The molecule has 202 valence electrons. The number of rotatable bonds is 11. The molecule has 1 aromatic carbocycles. The van der Waals surface area contributed by atoms with Crippen molar-refractivity contribution >= 4 is 35.7 Å². The molecular weight excluding hydrogens is 472 g/mol. The van der Waals surface area contributed by atoms with Crippen LogP contribution in [0.1, 0.15) is 52.0 Å². The van der Waals surface area contributed by atoms with Crippen LogP contribution >= 0.6 is 0 Å². The number of carbonyl (C=O) groups is 5. The van der Waals surface area contributed by atoms with Crippen molar-refractivity contribution in [3.05, 3.63) is 29.8 Å². The number of unbranched alkanes of at least 4 members (excludes halogenated alkanes) is 1. The molecule has 1 aromatic rings. The van der Waals surface area contributed by atoms with Crippen molar-refractivity contribution < 1.29 is 39.3 Å². The number of terminal acetylenes is 1. The van der Waals surface area contributed by atoms with Crippen molar-refractivity contribution in [1.29, 1.82) is 0 Å². The molecule has 1 rings (SSSR count). The molecule has 0 saturated heterocycles. The van der Waals surface area contributed by atoms with Gasteiger partial charge in [-0.3, -0.25) is 9.59 Å². The fourth-order valence-electron chi connectivity index (χ4n) is 2.11. The van der Waals surface area contributed by atoms with E-state index in [-0.39, 0.29) is 18.9 Å². The zero-order chi connectivity index (χ0) is 28.5. The first-order valence-corrected chi connectivity index (χ1v) is 11.2. The van der Waals surface area contributed by atoms with Crippen LogP contribution in [0.3, 0.4) is 0 Å². The summed E-state index contributed by atoms with van der Waals surface area (Å²) in [4.78, 5) is 54.0. The Morgan fingerprint density at radius 1 is 0.861 bits per heavy atom. The van der Waals surface area contributed by atoms with Gasteiger partial charge in [-0.1, -0.05) is 38.5 Å². The molecular formula is C24H38N4O8. The summed E-state index contributed by atoms with van der Waals surface area (Å²) in [6, 6.07) is 4.96. The quantitative estimate of drug-likeness (QED) is 0.174. The van der Waals surface area contributed by atoms with Crippen LogP contribution in [0.25, 0.3) is 0 Å². The van der Waals surface area contributed by atoms with Gasteiger partial charge in [-0.15, -0.1) is 12.8 Å². The number of hydrogen-bond donors (Lipinski definition) is 7. The maximum absolute atomic E-state index is 11.7. The smallest absolute Gasteiger partial charge is 0.326 e. The molecule has 1 atom stereocenters. The van der Waals surface area contributed by atoms with E-state index in [0.29, 0.717) is 25.1 Å². The molecule has 0 spiro atoms. The zero-order valence-corrected chi connectivity index (χ0v) is 21.2. The maximum atomic E-state index is 11.7. The third-order valence-electron chi connectivity index (χ3n) is 3.82. The Hall–Kier alpha value is -4.27. The van der Waals surface area contributed by atoms with E-state index >= 15 is 0 Å². The van der Waals surface area contributed by atoms with E-state index in [2.05, 4.69) is 28.8 Å². The second-order valence-corrected chi connectivity index (χ2v) is 6.60. The van der Waals surface area contributed by atoms with Crippen LogP contribution in [0.5, 0.6) is 0 Å². The molecule has 0 aliphatic carbocycles. The summed E-state index contributed by atoms with van der Waals surface area (Å²) < 4.78 is 0. The van der Waals surface area contributed by atoms with Crippen LogP contribution in [0.4, 0.5) is 15.3 Å². The zero-order valence-electron chi connectivity index (χ0n) is 21.2. The number of hydrogen-bond acceptors (Lipinski definition) is 5. The molecule has 0 aliphatic rings. The van der Waals surface area contributed by atoms with E-state index in [1.54, 1.807) is 19.1 Å². The number of aliphatic carboxylic acids is 3. The van der Waals surface area contributed by atoms with E-state index in [0.717, 1.165) is 5.56 Å². The number of benzene rings is 1. The molecule has 4 amide bonds. The van der Waals surface area contributed by atoms with Crippen molar-refractivity contribution in [3.8, 4) is 12.8 Å². The van der Waals surface area contributed by atoms with E-state index in [1.165, 1.54) is 0 Å². The van der Waals surface area contributed by atoms with Crippen LogP contribution in [0.2, 0.25) is 0 Å². The predicted molar refractivity (Wildman–Crippen MR) is 137 cm³/mol. The van der Waals surface area contributed by atoms with Crippen LogP contribution in [0, 0.1) is 19.8 Å². The average Bonchev–Trinajstić information content (AvgIpc) is 2.86. The summed E-state index contributed by atoms with van der Waals surface area (Å²) in [5.41, 5.74) is 1.75. The molecule has 0 aromatic heterocycles. The van der Waals surface area contributed by atoms with Crippen LogP contribution in [-0.2, 0) is 14.4 Å². The van der Waals surface area contributed by atoms with Crippen molar-refractivity contribution in [3.63, 3.8) is 0 Å². The Bertz CT molecular complexity index is 810. The molecule has 7 N–H and O–H groups in total. The van der Waals surface area contributed by atoms with Gasteiger partial charge in [-0.2, -0.15) is 0 Å². The third-order valence-corrected chi connectivity index (χ3v) is 3.82. The average molecular weight is 511 g/mol. The Morgan fingerprint density at radius 3 is 1.83 bits per heavy atom. The van der Waals surface area contributed by atoms with E-state index < -0.39 is 36.5 Å². The van der Waals surface area contributed by atoms with Gasteiger partial charge < -0.3 is 36.6 Å². The number of carboxylic acid groups (broad SMARTS) is 3. The standard InChI is InChI=1S/C17H24N4O6.C3H6O2.C2H6.C2H2/c1-11-5-7-12(8-6-11)20-16(26)18-9-3-2-4-13(15(24)25)21-17(27)19-10-14(22)23;1-2-3(4)5;2*1-2/h5-8,13H,2-4,9-10H2,1H3,(H,22,23)(H,24,25)(H2,18,20,26)(H2,19,21,27);2H2,1H3,(H,4,5);1-2H3;1-2H/t13-;;;/m0.../s1. The first-order valence-electron chi connectivity index (χ1n) is 11.2. The number of carbonyl (C=O) groups excluding carboxylic acids is 2. The first-order chi connectivity index (χ1) is 17.0. The van der Waals surface area contributed by atoms with Crippen LogP contribution in [0.15, 0.2) is 24.3 Å². The number of nitrogens with one attached hydrogen (secondary N) is 4. The number of anilines is 1. The van der Waals surface area contributed by atoms with E-state index in [9.17, 15) is 24.0 Å². The lowest BCUT2D eigenvalue weighted by Crippen LogP contribution is -2.47. The first kappa shape index (κ1) is 36.3. The lowest BCUT2D eigenvalue weighted by Gasteiger charge is -2.14. The van der Waals surface area contributed by atoms with Gasteiger partial charge in [-0.25, -0.2) is 14.4 Å². The fraction of sp³-hybridized carbons (Fsp3) is 0.458. The van der Waals surface area contributed by atoms with Crippen LogP contribution < -0.4 is 21.3 Å². The highest BCUT2D eigenvalue weighted by Crippen LogP contribution is 2.08. The highest BCUT2D eigenvalue weighted by atomic mass is 16.4. The highest BCUT2D eigenvalue weighted by molar-refractivity contribution is 5.89. The summed E-state index contributed by atoms with van der Waals surface area (Å²) in [7, 11) is 0. The van der Waals surface area contributed by atoms with Gasteiger partial charge in [-0.05, 0) is 38.3 Å².